The Kier molecular flexibility index (Phi) is 4.52. The first kappa shape index (κ1) is 16.4. The van der Waals surface area contributed by atoms with E-state index < -0.39 is 5.25 Å². The maximum atomic E-state index is 12.4. The Morgan fingerprint density at radius 3 is 2.67 bits per heavy atom. The lowest BCUT2D eigenvalue weighted by molar-refractivity contribution is -0.126. The van der Waals surface area contributed by atoms with Crippen LogP contribution < -0.4 is 5.32 Å². The van der Waals surface area contributed by atoms with Gasteiger partial charge in [0.2, 0.25) is 11.1 Å². The number of aromatic nitrogens is 4. The summed E-state index contributed by atoms with van der Waals surface area (Å²) in [5, 5.41) is 14.5. The Labute approximate surface area is 143 Å². The van der Waals surface area contributed by atoms with Gasteiger partial charge in [0.15, 0.2) is 0 Å². The van der Waals surface area contributed by atoms with Gasteiger partial charge in [-0.05, 0) is 42.3 Å². The van der Waals surface area contributed by atoms with E-state index in [0.29, 0.717) is 18.2 Å². The summed E-state index contributed by atoms with van der Waals surface area (Å²) in [5.74, 6) is -0.244. The molecule has 0 saturated carbocycles. The van der Waals surface area contributed by atoms with Crippen LogP contribution in [0.25, 0.3) is 5.69 Å². The van der Waals surface area contributed by atoms with E-state index in [0.717, 1.165) is 16.8 Å². The molecule has 24 heavy (non-hydrogen) atoms. The Bertz CT molecular complexity index is 770. The summed E-state index contributed by atoms with van der Waals surface area (Å²) in [6.45, 7) is 6.61. The fourth-order valence-electron chi connectivity index (χ4n) is 2.64. The molecule has 9 heteroatoms. The molecule has 1 aromatic heterocycles. The maximum Gasteiger partial charge on any atom is 0.324 e. The lowest BCUT2D eigenvalue weighted by Crippen LogP contribution is -2.39. The molecule has 1 atom stereocenters. The second-order valence-electron chi connectivity index (χ2n) is 5.60. The molecule has 1 aliphatic rings. The fraction of sp³-hybridized carbons (Fsp3) is 0.400. The number of nitrogens with zero attached hydrogens (tertiary/aromatic N) is 5. The monoisotopic (exact) mass is 346 g/mol. The van der Waals surface area contributed by atoms with Crippen LogP contribution in [0.3, 0.4) is 0 Å². The number of hydrogen-bond donors (Lipinski definition) is 1. The molecular formula is C15H18N6O2S. The van der Waals surface area contributed by atoms with Gasteiger partial charge in [0.05, 0.1) is 10.9 Å². The Hall–Kier alpha value is -2.42. The standard InChI is InChI=1S/C15H18N6O2S/c1-9-5-4-6-10(2)12(9)21-15(17-18-19-21)24-11(3)13(22)20-8-7-16-14(20)23/h4-6,11H,7-8H2,1-3H3,(H,16,23). The minimum absolute atomic E-state index is 0.244. The second kappa shape index (κ2) is 6.60. The van der Waals surface area contributed by atoms with E-state index in [4.69, 9.17) is 0 Å². The fourth-order valence-corrected chi connectivity index (χ4v) is 3.50. The highest BCUT2D eigenvalue weighted by Crippen LogP contribution is 2.27. The van der Waals surface area contributed by atoms with Crippen LogP contribution in [0.5, 0.6) is 0 Å². The van der Waals surface area contributed by atoms with Gasteiger partial charge in [-0.25, -0.2) is 4.79 Å². The van der Waals surface area contributed by atoms with E-state index >= 15 is 0 Å². The highest BCUT2D eigenvalue weighted by molar-refractivity contribution is 8.00. The van der Waals surface area contributed by atoms with Gasteiger partial charge in [-0.2, -0.15) is 4.68 Å². The minimum Gasteiger partial charge on any atom is -0.336 e. The molecule has 0 bridgehead atoms. The zero-order valence-electron chi connectivity index (χ0n) is 13.7. The van der Waals surface area contributed by atoms with E-state index in [1.165, 1.54) is 16.7 Å². The van der Waals surface area contributed by atoms with Gasteiger partial charge < -0.3 is 5.32 Å². The van der Waals surface area contributed by atoms with Crippen LogP contribution in [0.1, 0.15) is 18.1 Å². The summed E-state index contributed by atoms with van der Waals surface area (Å²) in [5.41, 5.74) is 2.99. The highest BCUT2D eigenvalue weighted by Gasteiger charge is 2.31. The molecule has 0 spiro atoms. The van der Waals surface area contributed by atoms with Gasteiger partial charge in [-0.1, -0.05) is 30.0 Å². The van der Waals surface area contributed by atoms with E-state index in [2.05, 4.69) is 20.8 Å². The number of tetrazole rings is 1. The predicted molar refractivity (Wildman–Crippen MR) is 89.1 cm³/mol. The Balaban J connectivity index is 1.83. The Morgan fingerprint density at radius 1 is 1.33 bits per heavy atom. The van der Waals surface area contributed by atoms with E-state index in [1.54, 1.807) is 11.6 Å². The number of aryl methyl sites for hydroxylation is 2. The van der Waals surface area contributed by atoms with Crippen molar-refractivity contribution in [3.63, 3.8) is 0 Å². The first-order valence-electron chi connectivity index (χ1n) is 7.60. The number of carbonyl (C=O) groups is 2. The Morgan fingerprint density at radius 2 is 2.04 bits per heavy atom. The largest absolute Gasteiger partial charge is 0.336 e. The quantitative estimate of drug-likeness (QED) is 0.839. The van der Waals surface area contributed by atoms with Gasteiger partial charge in [-0.3, -0.25) is 9.69 Å². The van der Waals surface area contributed by atoms with Gasteiger partial charge in [-0.15, -0.1) is 5.10 Å². The summed E-state index contributed by atoms with van der Waals surface area (Å²) in [6.07, 6.45) is 0. The first-order valence-corrected chi connectivity index (χ1v) is 8.48. The molecule has 126 valence electrons. The molecule has 1 aromatic carbocycles. The number of thioether (sulfide) groups is 1. The SMILES string of the molecule is Cc1cccc(C)c1-n1nnnc1SC(C)C(=O)N1CCNC1=O. The summed E-state index contributed by atoms with van der Waals surface area (Å²) in [7, 11) is 0. The number of benzene rings is 1. The van der Waals surface area contributed by atoms with Crippen molar-refractivity contribution in [3.8, 4) is 5.69 Å². The van der Waals surface area contributed by atoms with Crippen molar-refractivity contribution in [1.82, 2.24) is 30.4 Å². The molecule has 3 amide bonds. The molecule has 1 unspecified atom stereocenters. The van der Waals surface area contributed by atoms with Crippen molar-refractivity contribution in [2.24, 2.45) is 0 Å². The number of amides is 3. The predicted octanol–water partition coefficient (Wildman–Crippen LogP) is 1.31. The van der Waals surface area contributed by atoms with Crippen LogP contribution >= 0.6 is 11.8 Å². The summed E-state index contributed by atoms with van der Waals surface area (Å²) in [6, 6.07) is 5.61. The number of rotatable bonds is 4. The normalized spacial score (nSPS) is 15.5. The average molecular weight is 346 g/mol. The summed E-state index contributed by atoms with van der Waals surface area (Å²) in [4.78, 5) is 25.3. The molecular weight excluding hydrogens is 328 g/mol. The molecule has 8 nitrogen and oxygen atoms in total. The molecule has 0 radical (unpaired) electrons. The zero-order chi connectivity index (χ0) is 17.3. The zero-order valence-corrected chi connectivity index (χ0v) is 14.5. The smallest absolute Gasteiger partial charge is 0.324 e. The molecule has 0 aliphatic carbocycles. The number of para-hydroxylation sites is 1. The molecule has 1 N–H and O–H groups in total. The average Bonchev–Trinajstić information content (AvgIpc) is 3.16. The van der Waals surface area contributed by atoms with Crippen molar-refractivity contribution in [2.75, 3.05) is 13.1 Å². The highest BCUT2D eigenvalue weighted by atomic mass is 32.2. The summed E-state index contributed by atoms with van der Waals surface area (Å²) < 4.78 is 1.64. The van der Waals surface area contributed by atoms with Gasteiger partial charge in [0, 0.05) is 13.1 Å². The maximum absolute atomic E-state index is 12.4. The molecule has 1 saturated heterocycles. The lowest BCUT2D eigenvalue weighted by Gasteiger charge is -2.17. The third-order valence-electron chi connectivity index (χ3n) is 3.84. The van der Waals surface area contributed by atoms with Gasteiger partial charge in [0.1, 0.15) is 0 Å². The van der Waals surface area contributed by atoms with Crippen LogP contribution in [-0.2, 0) is 4.79 Å². The van der Waals surface area contributed by atoms with Gasteiger partial charge >= 0.3 is 6.03 Å². The molecule has 2 aromatic rings. The van der Waals surface area contributed by atoms with Gasteiger partial charge in [0.25, 0.3) is 0 Å². The third kappa shape index (κ3) is 2.99. The van der Waals surface area contributed by atoms with Crippen molar-refractivity contribution >= 4 is 23.7 Å². The van der Waals surface area contributed by atoms with Crippen LogP contribution in [0.4, 0.5) is 4.79 Å². The van der Waals surface area contributed by atoms with Crippen LogP contribution in [0, 0.1) is 13.8 Å². The van der Waals surface area contributed by atoms with Crippen molar-refractivity contribution in [2.45, 2.75) is 31.2 Å². The number of hydrogen-bond acceptors (Lipinski definition) is 6. The van der Waals surface area contributed by atoms with Crippen molar-refractivity contribution in [3.05, 3.63) is 29.3 Å². The molecule has 3 rings (SSSR count). The first-order chi connectivity index (χ1) is 11.5. The molecule has 2 heterocycles. The minimum atomic E-state index is -0.470. The number of nitrogens with one attached hydrogen (secondary N) is 1. The van der Waals surface area contributed by atoms with E-state index in [9.17, 15) is 9.59 Å². The lowest BCUT2D eigenvalue weighted by atomic mass is 10.1. The molecule has 1 aliphatic heterocycles. The third-order valence-corrected chi connectivity index (χ3v) is 4.87. The number of urea groups is 1. The second-order valence-corrected chi connectivity index (χ2v) is 6.90. The van der Waals surface area contributed by atoms with Crippen molar-refractivity contribution in [1.29, 1.82) is 0 Å². The summed E-state index contributed by atoms with van der Waals surface area (Å²) >= 11 is 1.24. The van der Waals surface area contributed by atoms with Crippen LogP contribution in [0.2, 0.25) is 0 Å². The van der Waals surface area contributed by atoms with E-state index in [1.807, 2.05) is 32.0 Å². The number of carbonyl (C=O) groups excluding carboxylic acids is 2. The molecule has 1 fully saturated rings. The topological polar surface area (TPSA) is 93.0 Å². The van der Waals surface area contributed by atoms with Crippen molar-refractivity contribution < 1.29 is 9.59 Å². The van der Waals surface area contributed by atoms with E-state index in [-0.39, 0.29) is 11.9 Å². The van der Waals surface area contributed by atoms with Crippen LogP contribution in [0.15, 0.2) is 23.4 Å². The number of imide groups is 1. The van der Waals surface area contributed by atoms with Crippen LogP contribution in [-0.4, -0.2) is 55.4 Å².